The fourth-order valence-corrected chi connectivity index (χ4v) is 23.2. The highest BCUT2D eigenvalue weighted by Crippen LogP contribution is 2.50. The Bertz CT molecular complexity index is 10300. The second-order valence-electron chi connectivity index (χ2n) is 37.7. The lowest BCUT2D eigenvalue weighted by Crippen LogP contribution is -1.95. The molecule has 0 radical (unpaired) electrons. The Balaban J connectivity index is 0.000000105. The lowest BCUT2D eigenvalue weighted by atomic mass is 9.98. The monoisotopic (exact) mass is 1830 g/mol. The van der Waals surface area contributed by atoms with Crippen molar-refractivity contribution in [2.45, 2.75) is 0 Å². The summed E-state index contributed by atoms with van der Waals surface area (Å²) < 4.78 is 14.6. The Kier molecular flexibility index (Phi) is 19.9. The molecule has 672 valence electrons. The van der Waals surface area contributed by atoms with Crippen molar-refractivity contribution in [1.82, 2.24) is 27.4 Å². The molecular formula is C138H90N6. The molecule has 0 N–H and O–H groups in total. The van der Waals surface area contributed by atoms with Crippen LogP contribution >= 0.6 is 0 Å². The van der Waals surface area contributed by atoms with Crippen molar-refractivity contribution in [2.75, 3.05) is 0 Å². The van der Waals surface area contributed by atoms with Crippen LogP contribution in [0.1, 0.15) is 0 Å². The lowest BCUT2D eigenvalue weighted by molar-refractivity contribution is 1.17. The van der Waals surface area contributed by atoms with Gasteiger partial charge in [0.05, 0.1) is 66.2 Å². The predicted molar refractivity (Wildman–Crippen MR) is 610 cm³/mol. The minimum atomic E-state index is 1.15. The molecule has 0 aliphatic rings. The van der Waals surface area contributed by atoms with Gasteiger partial charge in [0.1, 0.15) is 0 Å². The molecule has 6 heteroatoms. The number of para-hydroxylation sites is 6. The Hall–Kier alpha value is -19.1. The zero-order valence-corrected chi connectivity index (χ0v) is 78.6. The van der Waals surface area contributed by atoms with Crippen LogP contribution < -0.4 is 0 Å². The van der Waals surface area contributed by atoms with Gasteiger partial charge >= 0.3 is 0 Å². The zero-order chi connectivity index (χ0) is 94.8. The van der Waals surface area contributed by atoms with Crippen molar-refractivity contribution in [2.24, 2.45) is 0 Å². The summed E-state index contributed by atoms with van der Waals surface area (Å²) in [7, 11) is 0. The molecule has 6 heterocycles. The van der Waals surface area contributed by atoms with Gasteiger partial charge in [-0.2, -0.15) is 0 Å². The fourth-order valence-electron chi connectivity index (χ4n) is 23.2. The second kappa shape index (κ2) is 34.5. The molecular weight excluding hydrogens is 1740 g/mol. The first-order valence-corrected chi connectivity index (χ1v) is 49.6. The second-order valence-corrected chi connectivity index (χ2v) is 37.7. The highest BCUT2D eigenvalue weighted by atomic mass is 15.0. The van der Waals surface area contributed by atoms with Gasteiger partial charge in [0.15, 0.2) is 0 Å². The third kappa shape index (κ3) is 13.9. The third-order valence-corrected chi connectivity index (χ3v) is 29.7. The quantitative estimate of drug-likeness (QED) is 0.117. The summed E-state index contributed by atoms with van der Waals surface area (Å²) in [6, 6.07) is 198. The smallest absolute Gasteiger partial charge is 0.0548 e. The maximum atomic E-state index is 2.46. The van der Waals surface area contributed by atoms with E-state index in [1.54, 1.807) is 0 Å². The van der Waals surface area contributed by atoms with Crippen LogP contribution in [0, 0.1) is 0 Å². The van der Waals surface area contributed by atoms with E-state index in [4.69, 9.17) is 0 Å². The predicted octanol–water partition coefficient (Wildman–Crippen LogP) is 37.1. The SMILES string of the molecule is c1ccc(-c2ccc3c(c2)c2c4c5ccccc5n(-c5ccccc5)c4ccc2n3-c2ccc(-c3ccc4ccccc4c3)cc2)cc1.c1ccc(-c2ccc3c4c5c6ccccc6n(-c6ccccc6)c5ccc4n(-c4ccc(-c5cccc6ccccc56)cc4)c3c2)cc1.c1ccc(-c2ccc3cc(-n4c5ccccc5c5c6c7cc(-c8ccccc8)ccc7n(-c7ccccc7)c6ccc54)ccc3c2)cc1. The normalized spacial score (nSPS) is 11.8. The van der Waals surface area contributed by atoms with E-state index in [9.17, 15) is 0 Å². The van der Waals surface area contributed by atoms with Gasteiger partial charge in [-0.25, -0.2) is 0 Å². The Morgan fingerprint density at radius 2 is 0.340 bits per heavy atom. The molecule has 24 aromatic carbocycles. The number of fused-ring (bicyclic) bond motifs is 24. The number of hydrogen-bond donors (Lipinski definition) is 0. The van der Waals surface area contributed by atoms with E-state index in [0.29, 0.717) is 0 Å². The van der Waals surface area contributed by atoms with E-state index in [0.717, 1.165) is 22.7 Å². The van der Waals surface area contributed by atoms with Gasteiger partial charge in [-0.3, -0.25) is 0 Å². The maximum absolute atomic E-state index is 2.46. The van der Waals surface area contributed by atoms with Gasteiger partial charge in [0.25, 0.3) is 0 Å². The van der Waals surface area contributed by atoms with Crippen LogP contribution in [0.25, 0.3) is 264 Å². The van der Waals surface area contributed by atoms with Crippen molar-refractivity contribution >= 4 is 163 Å². The summed E-state index contributed by atoms with van der Waals surface area (Å²) in [5.41, 5.74) is 36.2. The first-order valence-electron chi connectivity index (χ1n) is 49.6. The molecule has 0 amide bonds. The van der Waals surface area contributed by atoms with Crippen LogP contribution in [-0.4, -0.2) is 27.4 Å². The summed E-state index contributed by atoms with van der Waals surface area (Å²) in [6.45, 7) is 0. The highest BCUT2D eigenvalue weighted by molar-refractivity contribution is 6.32. The molecule has 0 aliphatic carbocycles. The van der Waals surface area contributed by atoms with Crippen molar-refractivity contribution in [3.8, 4) is 101 Å². The van der Waals surface area contributed by atoms with Crippen LogP contribution in [0.5, 0.6) is 0 Å². The Morgan fingerprint density at radius 3 is 0.771 bits per heavy atom. The summed E-state index contributed by atoms with van der Waals surface area (Å²) in [5.74, 6) is 0. The van der Waals surface area contributed by atoms with Gasteiger partial charge in [-0.1, -0.05) is 376 Å². The van der Waals surface area contributed by atoms with Crippen LogP contribution in [0.2, 0.25) is 0 Å². The number of nitrogens with zero attached hydrogens (tertiary/aromatic N) is 6. The van der Waals surface area contributed by atoms with Crippen molar-refractivity contribution in [3.63, 3.8) is 0 Å². The number of aromatic nitrogens is 6. The van der Waals surface area contributed by atoms with E-state index >= 15 is 0 Å². The number of benzene rings is 24. The van der Waals surface area contributed by atoms with Crippen LogP contribution in [0.15, 0.2) is 546 Å². The van der Waals surface area contributed by atoms with Gasteiger partial charge in [-0.05, 0) is 269 Å². The van der Waals surface area contributed by atoms with Gasteiger partial charge in [0.2, 0.25) is 0 Å². The third-order valence-electron chi connectivity index (χ3n) is 29.7. The van der Waals surface area contributed by atoms with E-state index in [2.05, 4.69) is 573 Å². The summed E-state index contributed by atoms with van der Waals surface area (Å²) in [5, 5.41) is 22.8. The van der Waals surface area contributed by atoms with Gasteiger partial charge < -0.3 is 27.4 Å². The van der Waals surface area contributed by atoms with E-state index in [1.165, 1.54) is 241 Å². The number of hydrogen-bond acceptors (Lipinski definition) is 0. The van der Waals surface area contributed by atoms with Crippen LogP contribution in [0.4, 0.5) is 0 Å². The molecule has 6 nitrogen and oxygen atoms in total. The molecule has 6 aromatic heterocycles. The zero-order valence-electron chi connectivity index (χ0n) is 78.6. The summed E-state index contributed by atoms with van der Waals surface area (Å²) in [6.07, 6.45) is 0. The molecule has 30 rings (SSSR count). The van der Waals surface area contributed by atoms with Crippen LogP contribution in [-0.2, 0) is 0 Å². The molecule has 0 saturated heterocycles. The highest BCUT2D eigenvalue weighted by Gasteiger charge is 2.27. The van der Waals surface area contributed by atoms with E-state index in [-0.39, 0.29) is 0 Å². The molecule has 30 aromatic rings. The van der Waals surface area contributed by atoms with E-state index < -0.39 is 0 Å². The molecule has 0 saturated carbocycles. The lowest BCUT2D eigenvalue weighted by Gasteiger charge is -2.12. The van der Waals surface area contributed by atoms with E-state index in [1.807, 2.05) is 0 Å². The number of rotatable bonds is 12. The largest absolute Gasteiger partial charge is 0.309 e. The molecule has 0 aliphatic heterocycles. The Morgan fingerprint density at radius 1 is 0.0972 bits per heavy atom. The topological polar surface area (TPSA) is 29.6 Å². The van der Waals surface area contributed by atoms with Gasteiger partial charge in [0, 0.05) is 98.8 Å². The standard InChI is InChI=1S/3C46H30N2/c1-4-12-31(13-5-1)33-20-21-35-29-38(24-22-34(35)28-33)48-41-19-11-10-18-39(41)45-43(48)26-27-44-46(45)40-30-36(32-14-6-2-7-15-32)23-25-42(40)47(44)37-16-8-3-9-17-37;1-3-12-31(13-4-1)34-24-27-40-44(30-34)48(36-25-22-33(23-26-36)38-20-11-15-32-14-7-8-18-37(32)38)43-29-28-42-45(46(40)43)39-19-9-10-21-41(39)47(42)35-16-5-2-6-17-35;1-3-11-31(12-4-1)36-23-26-42-40(30-36)46-44(28-27-43-45(46)39-17-9-10-18-41(39)47(43)37-15-5-2-6-16-37)48(42)38-24-21-33(22-25-38)35-20-19-32-13-7-8-14-34(32)29-35/h3*1-30H. The van der Waals surface area contributed by atoms with Gasteiger partial charge in [-0.15, -0.1) is 0 Å². The first-order chi connectivity index (χ1) is 71.5. The minimum absolute atomic E-state index is 1.15. The van der Waals surface area contributed by atoms with Crippen molar-refractivity contribution in [1.29, 1.82) is 0 Å². The minimum Gasteiger partial charge on any atom is -0.309 e. The molecule has 0 fully saturated rings. The summed E-state index contributed by atoms with van der Waals surface area (Å²) >= 11 is 0. The molecule has 0 spiro atoms. The average molecular weight is 1830 g/mol. The average Bonchev–Trinajstić information content (AvgIpc) is 1.55. The maximum Gasteiger partial charge on any atom is 0.0548 e. The molecule has 0 atom stereocenters. The van der Waals surface area contributed by atoms with Crippen molar-refractivity contribution < 1.29 is 0 Å². The first kappa shape index (κ1) is 83.1. The van der Waals surface area contributed by atoms with Crippen molar-refractivity contribution in [3.05, 3.63) is 546 Å². The van der Waals surface area contributed by atoms with Crippen LogP contribution in [0.3, 0.4) is 0 Å². The molecule has 0 unspecified atom stereocenters. The molecule has 0 bridgehead atoms. The summed E-state index contributed by atoms with van der Waals surface area (Å²) in [4.78, 5) is 0. The molecule has 144 heavy (non-hydrogen) atoms. The fraction of sp³-hybridized carbons (Fsp3) is 0. The Labute approximate surface area is 831 Å².